The third kappa shape index (κ3) is 3.34. The Balaban J connectivity index is 1.42. The lowest BCUT2D eigenvalue weighted by Crippen LogP contribution is -2.49. The minimum absolute atomic E-state index is 0.0320. The van der Waals surface area contributed by atoms with Crippen LogP contribution in [0.5, 0.6) is 5.75 Å². The molecule has 2 aromatic heterocycles. The van der Waals surface area contributed by atoms with E-state index in [2.05, 4.69) is 14.9 Å². The number of carbonyl (C=O) groups is 1. The van der Waals surface area contributed by atoms with Gasteiger partial charge >= 0.3 is 0 Å². The smallest absolute Gasteiger partial charge is 0.254 e. The zero-order valence-corrected chi connectivity index (χ0v) is 19.8. The van der Waals surface area contributed by atoms with Crippen LogP contribution in [0, 0.1) is 0 Å². The van der Waals surface area contributed by atoms with E-state index in [4.69, 9.17) is 21.4 Å². The third-order valence-electron chi connectivity index (χ3n) is 7.01. The van der Waals surface area contributed by atoms with Crippen LogP contribution >= 0.6 is 11.6 Å². The predicted molar refractivity (Wildman–Crippen MR) is 130 cm³/mol. The largest absolute Gasteiger partial charge is 0.497 e. The number of hydrogen-bond donors (Lipinski definition) is 0. The number of fused-ring (bicyclic) bond motifs is 5. The van der Waals surface area contributed by atoms with Gasteiger partial charge in [-0.25, -0.2) is 0 Å². The lowest BCUT2D eigenvalue weighted by molar-refractivity contribution is 0.0392. The maximum absolute atomic E-state index is 13.8. The summed E-state index contributed by atoms with van der Waals surface area (Å²) in [5, 5.41) is 5.55. The highest BCUT2D eigenvalue weighted by molar-refractivity contribution is 6.31. The molecule has 2 aromatic carbocycles. The Kier molecular flexibility index (Phi) is 5.03. The molecule has 34 heavy (non-hydrogen) atoms. The number of aromatic nitrogens is 4. The quantitative estimate of drug-likeness (QED) is 0.419. The number of ether oxygens (including phenoxy) is 1. The maximum atomic E-state index is 13.8. The number of amides is 1. The van der Waals surface area contributed by atoms with Crippen LogP contribution in [-0.4, -0.2) is 43.7 Å². The minimum Gasteiger partial charge on any atom is -0.497 e. The molecule has 1 fully saturated rings. The number of halogens is 1. The summed E-state index contributed by atoms with van der Waals surface area (Å²) in [4.78, 5) is 24.5. The second kappa shape index (κ2) is 8.09. The fourth-order valence-corrected chi connectivity index (χ4v) is 5.80. The summed E-state index contributed by atoms with van der Waals surface area (Å²) < 4.78 is 7.37. The molecule has 4 heterocycles. The van der Waals surface area contributed by atoms with Gasteiger partial charge in [-0.15, -0.1) is 0 Å². The van der Waals surface area contributed by atoms with Crippen LogP contribution < -0.4 is 4.74 Å². The summed E-state index contributed by atoms with van der Waals surface area (Å²) in [7, 11) is 3.60. The van der Waals surface area contributed by atoms with Crippen molar-refractivity contribution < 1.29 is 9.53 Å². The molecule has 6 rings (SSSR count). The van der Waals surface area contributed by atoms with Crippen LogP contribution in [0.4, 0.5) is 0 Å². The average molecular weight is 474 g/mol. The van der Waals surface area contributed by atoms with Crippen LogP contribution in [0.25, 0.3) is 22.3 Å². The van der Waals surface area contributed by atoms with Crippen molar-refractivity contribution in [1.29, 1.82) is 0 Å². The molecule has 2 atom stereocenters. The molecule has 7 nitrogen and oxygen atoms in total. The number of nitrogens with zero attached hydrogens (tertiary/aromatic N) is 5. The highest BCUT2D eigenvalue weighted by atomic mass is 35.5. The fraction of sp³-hybridized carbons (Fsp3) is 0.308. The number of hydrogen-bond acceptors (Lipinski definition) is 5. The molecule has 2 bridgehead atoms. The van der Waals surface area contributed by atoms with Gasteiger partial charge in [0, 0.05) is 47.2 Å². The highest BCUT2D eigenvalue weighted by Crippen LogP contribution is 2.45. The van der Waals surface area contributed by atoms with E-state index in [0.29, 0.717) is 16.3 Å². The molecule has 0 unspecified atom stereocenters. The Hall–Kier alpha value is -3.45. The molecule has 8 heteroatoms. The summed E-state index contributed by atoms with van der Waals surface area (Å²) >= 11 is 6.38. The molecular weight excluding hydrogens is 450 g/mol. The summed E-state index contributed by atoms with van der Waals surface area (Å²) in [5.41, 5.74) is 6.37. The molecule has 0 spiro atoms. The van der Waals surface area contributed by atoms with E-state index >= 15 is 0 Å². The Labute approximate surface area is 202 Å². The predicted octanol–water partition coefficient (Wildman–Crippen LogP) is 4.98. The van der Waals surface area contributed by atoms with Crippen molar-refractivity contribution in [2.24, 2.45) is 7.05 Å². The van der Waals surface area contributed by atoms with Gasteiger partial charge in [-0.3, -0.25) is 19.4 Å². The van der Waals surface area contributed by atoms with Gasteiger partial charge in [0.25, 0.3) is 5.91 Å². The van der Waals surface area contributed by atoms with Crippen molar-refractivity contribution in [3.8, 4) is 17.0 Å². The van der Waals surface area contributed by atoms with E-state index in [1.54, 1.807) is 25.6 Å². The van der Waals surface area contributed by atoms with E-state index in [1.807, 2.05) is 42.1 Å². The highest BCUT2D eigenvalue weighted by Gasteiger charge is 2.43. The Bertz CT molecular complexity index is 1430. The zero-order valence-electron chi connectivity index (χ0n) is 19.0. The van der Waals surface area contributed by atoms with Crippen LogP contribution in [0.2, 0.25) is 5.02 Å². The van der Waals surface area contributed by atoms with Gasteiger partial charge < -0.3 is 9.64 Å². The minimum atomic E-state index is -0.0476. The molecular formula is C26H24ClN5O2. The lowest BCUT2D eigenvalue weighted by Gasteiger charge is -2.45. The monoisotopic (exact) mass is 473 g/mol. The van der Waals surface area contributed by atoms with E-state index in [9.17, 15) is 4.79 Å². The average Bonchev–Trinajstić information content (AvgIpc) is 3.18. The SMILES string of the molecule is COc1cc(Cl)cc(-c2c3c(nn2C)[C@@H]2CCC[C@H](C3)N2C(=O)c2ccc3nccnc3c2)c1. The first-order valence-electron chi connectivity index (χ1n) is 11.5. The van der Waals surface area contributed by atoms with Crippen LogP contribution in [0.1, 0.15) is 46.9 Å². The van der Waals surface area contributed by atoms with Crippen molar-refractivity contribution in [3.63, 3.8) is 0 Å². The van der Waals surface area contributed by atoms with Gasteiger partial charge in [0.1, 0.15) is 5.75 Å². The molecule has 0 aliphatic carbocycles. The Morgan fingerprint density at radius 3 is 2.74 bits per heavy atom. The van der Waals surface area contributed by atoms with E-state index in [-0.39, 0.29) is 18.0 Å². The normalized spacial score (nSPS) is 19.2. The molecule has 172 valence electrons. The molecule has 0 N–H and O–H groups in total. The molecule has 0 saturated carbocycles. The number of methoxy groups -OCH3 is 1. The van der Waals surface area contributed by atoms with Gasteiger partial charge in [0.2, 0.25) is 0 Å². The van der Waals surface area contributed by atoms with Gasteiger partial charge in [0.15, 0.2) is 0 Å². The van der Waals surface area contributed by atoms with Crippen molar-refractivity contribution in [2.45, 2.75) is 37.8 Å². The third-order valence-corrected chi connectivity index (χ3v) is 7.23. The maximum Gasteiger partial charge on any atom is 0.254 e. The summed E-state index contributed by atoms with van der Waals surface area (Å²) in [6.07, 6.45) is 7.04. The Morgan fingerprint density at radius 1 is 1.09 bits per heavy atom. The van der Waals surface area contributed by atoms with Crippen molar-refractivity contribution >= 4 is 28.5 Å². The molecule has 2 aliphatic heterocycles. The molecule has 4 aromatic rings. The lowest BCUT2D eigenvalue weighted by atomic mass is 9.81. The zero-order chi connectivity index (χ0) is 23.4. The van der Waals surface area contributed by atoms with Crippen LogP contribution in [-0.2, 0) is 13.5 Å². The first kappa shape index (κ1) is 21.1. The second-order valence-corrected chi connectivity index (χ2v) is 9.43. The topological polar surface area (TPSA) is 73.1 Å². The standard InChI is InChI=1S/C26H24ClN5O2/c1-31-25(16-10-17(27)13-19(11-16)34-2)20-14-18-4-3-5-23(24(20)30-31)32(18)26(33)15-6-7-21-22(12-15)29-9-8-28-21/h6-13,18,23H,3-5,14H2,1-2H3/t18-,23+/m1/s1. The summed E-state index contributed by atoms with van der Waals surface area (Å²) in [6, 6.07) is 11.4. The van der Waals surface area contributed by atoms with Gasteiger partial charge in [-0.2, -0.15) is 5.10 Å². The van der Waals surface area contributed by atoms with Gasteiger partial charge in [-0.05, 0) is 62.1 Å². The summed E-state index contributed by atoms with van der Waals surface area (Å²) in [6.45, 7) is 0. The molecule has 1 saturated heterocycles. The Morgan fingerprint density at radius 2 is 1.91 bits per heavy atom. The number of carbonyl (C=O) groups excluding carboxylic acids is 1. The van der Waals surface area contributed by atoms with E-state index in [1.165, 1.54) is 5.56 Å². The molecule has 2 aliphatic rings. The van der Waals surface area contributed by atoms with Gasteiger partial charge in [0.05, 0.1) is 35.6 Å². The van der Waals surface area contributed by atoms with Crippen molar-refractivity contribution in [1.82, 2.24) is 24.6 Å². The number of piperidine rings is 1. The van der Waals surface area contributed by atoms with E-state index < -0.39 is 0 Å². The molecule has 0 radical (unpaired) electrons. The first-order chi connectivity index (χ1) is 16.5. The van der Waals surface area contributed by atoms with E-state index in [0.717, 1.165) is 53.7 Å². The number of aryl methyl sites for hydroxylation is 1. The number of benzene rings is 2. The van der Waals surface area contributed by atoms with Crippen molar-refractivity contribution in [2.75, 3.05) is 7.11 Å². The molecule has 1 amide bonds. The fourth-order valence-electron chi connectivity index (χ4n) is 5.57. The summed E-state index contributed by atoms with van der Waals surface area (Å²) in [5.74, 6) is 0.745. The van der Waals surface area contributed by atoms with Crippen LogP contribution in [0.3, 0.4) is 0 Å². The van der Waals surface area contributed by atoms with Crippen molar-refractivity contribution in [3.05, 3.63) is 70.6 Å². The first-order valence-corrected chi connectivity index (χ1v) is 11.9. The number of rotatable bonds is 3. The second-order valence-electron chi connectivity index (χ2n) is 8.99. The van der Waals surface area contributed by atoms with Gasteiger partial charge in [-0.1, -0.05) is 11.6 Å². The van der Waals surface area contributed by atoms with Crippen LogP contribution in [0.15, 0.2) is 48.8 Å².